The fourth-order valence-electron chi connectivity index (χ4n) is 1.09. The number of hydrogen-bond donors (Lipinski definition) is 2. The van der Waals surface area contributed by atoms with Crippen LogP contribution in [0.3, 0.4) is 0 Å². The third kappa shape index (κ3) is 4.98. The lowest BCUT2D eigenvalue weighted by Gasteiger charge is -2.13. The molecule has 0 fully saturated rings. The van der Waals surface area contributed by atoms with E-state index < -0.39 is 18.9 Å². The number of aliphatic hydroxyl groups excluding tert-OH is 1. The number of aliphatic hydroxyl groups is 1. The van der Waals surface area contributed by atoms with Crippen LogP contribution in [0.25, 0.3) is 0 Å². The van der Waals surface area contributed by atoms with Gasteiger partial charge < -0.3 is 14.6 Å². The molecule has 6 nitrogen and oxygen atoms in total. The van der Waals surface area contributed by atoms with Crippen molar-refractivity contribution in [2.24, 2.45) is 0 Å². The molecule has 1 unspecified atom stereocenters. The number of benzene rings is 1. The predicted octanol–water partition coefficient (Wildman–Crippen LogP) is 0.404. The van der Waals surface area contributed by atoms with Crippen molar-refractivity contribution in [3.8, 4) is 0 Å². The molecule has 17 heavy (non-hydrogen) atoms. The number of amides is 1. The smallest absolute Gasteiger partial charge is 0.410 e. The Kier molecular flexibility index (Phi) is 5.53. The molecule has 0 radical (unpaired) electrons. The Morgan fingerprint density at radius 1 is 1.41 bits per heavy atom. The van der Waals surface area contributed by atoms with Gasteiger partial charge in [-0.1, -0.05) is 30.3 Å². The number of carbonyl (C=O) groups excluding carboxylic acids is 2. The summed E-state index contributed by atoms with van der Waals surface area (Å²) < 4.78 is 9.22. The maximum Gasteiger partial charge on any atom is 0.410 e. The number of nitrogens with one attached hydrogen (secondary N) is 1. The van der Waals surface area contributed by atoms with E-state index in [0.29, 0.717) is 0 Å². The Hall–Kier alpha value is -2.08. The number of carbonyl (C=O) groups is 2. The molecule has 0 saturated heterocycles. The van der Waals surface area contributed by atoms with Gasteiger partial charge in [-0.2, -0.15) is 0 Å². The summed E-state index contributed by atoms with van der Waals surface area (Å²) >= 11 is 0. The molecular formula is C11H13NO5. The van der Waals surface area contributed by atoms with Gasteiger partial charge >= 0.3 is 6.09 Å². The Morgan fingerprint density at radius 2 is 2.12 bits per heavy atom. The van der Waals surface area contributed by atoms with Gasteiger partial charge in [-0.25, -0.2) is 4.79 Å². The zero-order valence-electron chi connectivity index (χ0n) is 9.04. The zero-order chi connectivity index (χ0) is 12.5. The summed E-state index contributed by atoms with van der Waals surface area (Å²) in [4.78, 5) is 21.2. The van der Waals surface area contributed by atoms with Crippen molar-refractivity contribution in [1.82, 2.24) is 5.32 Å². The largest absolute Gasteiger partial charge is 0.445 e. The van der Waals surface area contributed by atoms with Crippen molar-refractivity contribution in [3.63, 3.8) is 0 Å². The maximum absolute atomic E-state index is 11.2. The highest BCUT2D eigenvalue weighted by molar-refractivity contribution is 5.67. The van der Waals surface area contributed by atoms with Gasteiger partial charge in [-0.15, -0.1) is 0 Å². The molecule has 0 aliphatic rings. The van der Waals surface area contributed by atoms with Gasteiger partial charge in [-0.05, 0) is 5.56 Å². The second kappa shape index (κ2) is 7.24. The molecule has 1 amide bonds. The van der Waals surface area contributed by atoms with Crippen molar-refractivity contribution < 1.29 is 24.2 Å². The van der Waals surface area contributed by atoms with Crippen LogP contribution in [-0.2, 0) is 20.9 Å². The second-order valence-corrected chi connectivity index (χ2v) is 3.11. The van der Waals surface area contributed by atoms with Crippen molar-refractivity contribution in [1.29, 1.82) is 0 Å². The number of ether oxygens (including phenoxy) is 2. The molecule has 1 atom stereocenters. The van der Waals surface area contributed by atoms with Crippen molar-refractivity contribution in [2.45, 2.75) is 12.8 Å². The lowest BCUT2D eigenvalue weighted by atomic mass is 10.2. The predicted molar refractivity (Wildman–Crippen MR) is 57.8 cm³/mol. The van der Waals surface area contributed by atoms with Crippen molar-refractivity contribution in [3.05, 3.63) is 35.9 Å². The molecule has 1 rings (SSSR count). The molecule has 0 bridgehead atoms. The van der Waals surface area contributed by atoms with Crippen LogP contribution in [-0.4, -0.2) is 30.5 Å². The zero-order valence-corrected chi connectivity index (χ0v) is 9.04. The van der Waals surface area contributed by atoms with Gasteiger partial charge in [-0.3, -0.25) is 10.1 Å². The SMILES string of the molecule is O=COC(CO)NC(=O)OCc1ccccc1. The summed E-state index contributed by atoms with van der Waals surface area (Å²) in [5.41, 5.74) is 0.833. The fraction of sp³-hybridized carbons (Fsp3) is 0.273. The Labute approximate surface area is 98.2 Å². The summed E-state index contributed by atoms with van der Waals surface area (Å²) in [5, 5.41) is 10.9. The minimum Gasteiger partial charge on any atom is -0.445 e. The molecule has 2 N–H and O–H groups in total. The third-order valence-corrected chi connectivity index (χ3v) is 1.88. The van der Waals surface area contributed by atoms with Gasteiger partial charge in [0.1, 0.15) is 6.61 Å². The average molecular weight is 239 g/mol. The summed E-state index contributed by atoms with van der Waals surface area (Å²) in [6, 6.07) is 9.10. The van der Waals surface area contributed by atoms with Crippen LogP contribution in [0, 0.1) is 0 Å². The molecule has 0 aliphatic carbocycles. The topological polar surface area (TPSA) is 84.9 Å². The normalized spacial score (nSPS) is 11.4. The summed E-state index contributed by atoms with van der Waals surface area (Å²) in [6.45, 7) is -0.274. The average Bonchev–Trinajstić information content (AvgIpc) is 2.37. The molecule has 0 aromatic heterocycles. The van der Waals surface area contributed by atoms with Gasteiger partial charge in [0, 0.05) is 0 Å². The Bertz CT molecular complexity index is 354. The molecule has 0 heterocycles. The first-order valence-electron chi connectivity index (χ1n) is 4.93. The van der Waals surface area contributed by atoms with E-state index >= 15 is 0 Å². The number of alkyl carbamates (subject to hydrolysis) is 1. The van der Waals surface area contributed by atoms with E-state index in [1.54, 1.807) is 12.1 Å². The fourth-order valence-corrected chi connectivity index (χ4v) is 1.09. The quantitative estimate of drug-likeness (QED) is 0.554. The highest BCUT2D eigenvalue weighted by Gasteiger charge is 2.12. The van der Waals surface area contributed by atoms with Crippen LogP contribution in [0.1, 0.15) is 5.56 Å². The number of hydrogen-bond acceptors (Lipinski definition) is 5. The van der Waals surface area contributed by atoms with Gasteiger partial charge in [0.2, 0.25) is 6.23 Å². The van der Waals surface area contributed by atoms with E-state index in [9.17, 15) is 9.59 Å². The summed E-state index contributed by atoms with van der Waals surface area (Å²) in [6.07, 6.45) is -1.86. The van der Waals surface area contributed by atoms with E-state index in [1.807, 2.05) is 18.2 Å². The first-order valence-corrected chi connectivity index (χ1v) is 4.93. The van der Waals surface area contributed by atoms with Gasteiger partial charge in [0.25, 0.3) is 6.47 Å². The molecule has 92 valence electrons. The van der Waals surface area contributed by atoms with E-state index in [2.05, 4.69) is 10.1 Å². The van der Waals surface area contributed by atoms with Crippen molar-refractivity contribution >= 4 is 12.6 Å². The second-order valence-electron chi connectivity index (χ2n) is 3.11. The summed E-state index contributed by atoms with van der Waals surface area (Å²) in [5.74, 6) is 0. The highest BCUT2D eigenvalue weighted by Crippen LogP contribution is 2.00. The van der Waals surface area contributed by atoms with Gasteiger partial charge in [0.05, 0.1) is 6.61 Å². The first kappa shape index (κ1) is 13.0. The van der Waals surface area contributed by atoms with Crippen LogP contribution in [0.2, 0.25) is 0 Å². The number of rotatable bonds is 6. The minimum absolute atomic E-state index is 0.103. The lowest BCUT2D eigenvalue weighted by molar-refractivity contribution is -0.136. The van der Waals surface area contributed by atoms with Crippen LogP contribution in [0.5, 0.6) is 0 Å². The van der Waals surface area contributed by atoms with E-state index in [1.165, 1.54) is 0 Å². The Morgan fingerprint density at radius 3 is 2.71 bits per heavy atom. The van der Waals surface area contributed by atoms with Gasteiger partial charge in [0.15, 0.2) is 0 Å². The summed E-state index contributed by atoms with van der Waals surface area (Å²) in [7, 11) is 0. The standard InChI is InChI=1S/C11H13NO5/c13-6-10(17-8-14)12-11(15)16-7-9-4-2-1-3-5-9/h1-5,8,10,13H,6-7H2,(H,12,15). The highest BCUT2D eigenvalue weighted by atomic mass is 16.6. The molecule has 0 spiro atoms. The maximum atomic E-state index is 11.2. The Balaban J connectivity index is 2.32. The molecular weight excluding hydrogens is 226 g/mol. The van der Waals surface area contributed by atoms with Crippen LogP contribution < -0.4 is 5.32 Å². The lowest BCUT2D eigenvalue weighted by Crippen LogP contribution is -2.39. The van der Waals surface area contributed by atoms with E-state index in [4.69, 9.17) is 9.84 Å². The van der Waals surface area contributed by atoms with E-state index in [0.717, 1.165) is 5.56 Å². The third-order valence-electron chi connectivity index (χ3n) is 1.88. The van der Waals surface area contributed by atoms with Crippen LogP contribution >= 0.6 is 0 Å². The minimum atomic E-state index is -1.09. The molecule has 0 aliphatic heterocycles. The molecule has 6 heteroatoms. The molecule has 0 saturated carbocycles. The monoisotopic (exact) mass is 239 g/mol. The van der Waals surface area contributed by atoms with E-state index in [-0.39, 0.29) is 13.1 Å². The first-order chi connectivity index (χ1) is 8.26. The molecule has 1 aromatic carbocycles. The van der Waals surface area contributed by atoms with Crippen LogP contribution in [0.4, 0.5) is 4.79 Å². The molecule has 1 aromatic rings. The van der Waals surface area contributed by atoms with Crippen LogP contribution in [0.15, 0.2) is 30.3 Å². The van der Waals surface area contributed by atoms with Crippen molar-refractivity contribution in [2.75, 3.05) is 6.61 Å².